The summed E-state index contributed by atoms with van der Waals surface area (Å²) in [6.07, 6.45) is 2.34. The fourth-order valence-corrected chi connectivity index (χ4v) is 3.08. The maximum atomic E-state index is 12.6. The molecule has 0 radical (unpaired) electrons. The molecule has 0 saturated heterocycles. The van der Waals surface area contributed by atoms with Crippen LogP contribution in [-0.4, -0.2) is 27.3 Å². The van der Waals surface area contributed by atoms with Crippen molar-refractivity contribution in [3.63, 3.8) is 0 Å². The molecule has 1 unspecified atom stereocenters. The molecule has 2 aromatic rings. The first-order chi connectivity index (χ1) is 11.7. The highest BCUT2D eigenvalue weighted by molar-refractivity contribution is 5.95. The van der Waals surface area contributed by atoms with Crippen molar-refractivity contribution >= 4 is 5.91 Å². The molecule has 6 nitrogen and oxygen atoms in total. The first kappa shape index (κ1) is 19.2. The summed E-state index contributed by atoms with van der Waals surface area (Å²) in [5.74, 6) is 1.64. The third-order valence-electron chi connectivity index (χ3n) is 4.28. The van der Waals surface area contributed by atoms with Crippen molar-refractivity contribution in [2.45, 2.75) is 60.1 Å². The standard InChI is InChI=1S/C19H29N3O3/c1-7-17-15(9-21-22(17)10-12(2)3)18(23)20-11-19(6,24)16-8-13(4)25-14(16)5/h8-9,12,24H,7,10-11H2,1-6H3,(H,20,23). The van der Waals surface area contributed by atoms with Gasteiger partial charge in [0.05, 0.1) is 24.0 Å². The number of aromatic nitrogens is 2. The summed E-state index contributed by atoms with van der Waals surface area (Å²) >= 11 is 0. The number of carbonyl (C=O) groups excluding carboxylic acids is 1. The predicted molar refractivity (Wildman–Crippen MR) is 96.5 cm³/mol. The molecule has 138 valence electrons. The highest BCUT2D eigenvalue weighted by Crippen LogP contribution is 2.26. The molecule has 2 rings (SSSR count). The summed E-state index contributed by atoms with van der Waals surface area (Å²) in [6.45, 7) is 12.4. The summed E-state index contributed by atoms with van der Waals surface area (Å²) in [5, 5.41) is 17.9. The fraction of sp³-hybridized carbons (Fsp3) is 0.579. The van der Waals surface area contributed by atoms with Crippen molar-refractivity contribution in [1.82, 2.24) is 15.1 Å². The van der Waals surface area contributed by atoms with Crippen LogP contribution in [0.25, 0.3) is 0 Å². The number of nitrogens with one attached hydrogen (secondary N) is 1. The molecule has 2 N–H and O–H groups in total. The van der Waals surface area contributed by atoms with Crippen molar-refractivity contribution in [2.75, 3.05) is 6.54 Å². The second-order valence-corrected chi connectivity index (χ2v) is 7.22. The Morgan fingerprint density at radius 3 is 2.64 bits per heavy atom. The van der Waals surface area contributed by atoms with Gasteiger partial charge in [-0.3, -0.25) is 9.48 Å². The zero-order chi connectivity index (χ0) is 18.8. The number of aryl methyl sites for hydroxylation is 2. The minimum Gasteiger partial charge on any atom is -0.466 e. The topological polar surface area (TPSA) is 80.3 Å². The van der Waals surface area contributed by atoms with E-state index in [0.717, 1.165) is 24.4 Å². The minimum atomic E-state index is -1.20. The molecule has 1 atom stereocenters. The molecule has 0 aliphatic rings. The van der Waals surface area contributed by atoms with Crippen LogP contribution in [0.3, 0.4) is 0 Å². The van der Waals surface area contributed by atoms with Crippen molar-refractivity contribution in [3.05, 3.63) is 40.6 Å². The Hall–Kier alpha value is -2.08. The zero-order valence-corrected chi connectivity index (χ0v) is 16.0. The van der Waals surface area contributed by atoms with Gasteiger partial charge in [-0.15, -0.1) is 0 Å². The smallest absolute Gasteiger partial charge is 0.254 e. The average Bonchev–Trinajstić information content (AvgIpc) is 3.07. The quantitative estimate of drug-likeness (QED) is 0.807. The lowest BCUT2D eigenvalue weighted by atomic mass is 9.96. The molecule has 1 amide bonds. The van der Waals surface area contributed by atoms with Crippen LogP contribution in [0.2, 0.25) is 0 Å². The van der Waals surface area contributed by atoms with Crippen molar-refractivity contribution in [2.24, 2.45) is 5.92 Å². The molecule has 0 aliphatic heterocycles. The van der Waals surface area contributed by atoms with Gasteiger partial charge in [0.15, 0.2) is 0 Å². The molecule has 25 heavy (non-hydrogen) atoms. The van der Waals surface area contributed by atoms with E-state index in [0.29, 0.717) is 22.8 Å². The van der Waals surface area contributed by atoms with Gasteiger partial charge in [0.1, 0.15) is 17.1 Å². The van der Waals surface area contributed by atoms with E-state index in [4.69, 9.17) is 4.42 Å². The van der Waals surface area contributed by atoms with Crippen LogP contribution in [0.5, 0.6) is 0 Å². The molecule has 2 heterocycles. The maximum absolute atomic E-state index is 12.6. The molecular weight excluding hydrogens is 318 g/mol. The Kier molecular flexibility index (Phi) is 5.72. The Labute approximate surface area is 149 Å². The Balaban J connectivity index is 2.12. The summed E-state index contributed by atoms with van der Waals surface area (Å²) in [4.78, 5) is 12.6. The van der Waals surface area contributed by atoms with E-state index in [9.17, 15) is 9.90 Å². The number of amides is 1. The highest BCUT2D eigenvalue weighted by Gasteiger charge is 2.29. The van der Waals surface area contributed by atoms with E-state index in [1.165, 1.54) is 0 Å². The Bertz CT molecular complexity index is 741. The Morgan fingerprint density at radius 1 is 1.44 bits per heavy atom. The summed E-state index contributed by atoms with van der Waals surface area (Å²) in [5.41, 5.74) is 0.981. The van der Waals surface area contributed by atoms with Gasteiger partial charge < -0.3 is 14.8 Å². The van der Waals surface area contributed by atoms with E-state index in [-0.39, 0.29) is 12.5 Å². The predicted octanol–water partition coefficient (Wildman–Crippen LogP) is 2.95. The van der Waals surface area contributed by atoms with Crippen LogP contribution in [0.1, 0.15) is 60.8 Å². The molecule has 0 saturated carbocycles. The number of rotatable bonds is 7. The van der Waals surface area contributed by atoms with Gasteiger partial charge >= 0.3 is 0 Å². The number of carbonyl (C=O) groups is 1. The van der Waals surface area contributed by atoms with Crippen molar-refractivity contribution in [3.8, 4) is 0 Å². The molecular formula is C19H29N3O3. The molecule has 0 aliphatic carbocycles. The van der Waals surface area contributed by atoms with Gasteiger partial charge in [0.25, 0.3) is 5.91 Å². The largest absolute Gasteiger partial charge is 0.466 e. The van der Waals surface area contributed by atoms with E-state index < -0.39 is 5.60 Å². The highest BCUT2D eigenvalue weighted by atomic mass is 16.3. The molecule has 6 heteroatoms. The maximum Gasteiger partial charge on any atom is 0.254 e. The number of hydrogen-bond acceptors (Lipinski definition) is 4. The number of nitrogens with zero attached hydrogens (tertiary/aromatic N) is 2. The number of furan rings is 1. The van der Waals surface area contributed by atoms with Crippen LogP contribution in [-0.2, 0) is 18.6 Å². The zero-order valence-electron chi connectivity index (χ0n) is 16.0. The molecule has 0 aromatic carbocycles. The third-order valence-corrected chi connectivity index (χ3v) is 4.28. The van der Waals surface area contributed by atoms with Crippen LogP contribution in [0, 0.1) is 19.8 Å². The normalized spacial score (nSPS) is 13.9. The van der Waals surface area contributed by atoms with Crippen LogP contribution in [0.4, 0.5) is 0 Å². The first-order valence-electron chi connectivity index (χ1n) is 8.78. The van der Waals surface area contributed by atoms with Gasteiger partial charge in [-0.2, -0.15) is 5.10 Å². The Morgan fingerprint density at radius 2 is 2.12 bits per heavy atom. The van der Waals surface area contributed by atoms with Gasteiger partial charge in [0.2, 0.25) is 0 Å². The van der Waals surface area contributed by atoms with Crippen LogP contribution >= 0.6 is 0 Å². The van der Waals surface area contributed by atoms with Crippen LogP contribution < -0.4 is 5.32 Å². The molecule has 0 spiro atoms. The monoisotopic (exact) mass is 347 g/mol. The second-order valence-electron chi connectivity index (χ2n) is 7.22. The molecule has 2 aromatic heterocycles. The lowest BCUT2D eigenvalue weighted by molar-refractivity contribution is 0.0513. The van der Waals surface area contributed by atoms with Gasteiger partial charge in [0, 0.05) is 12.1 Å². The van der Waals surface area contributed by atoms with Crippen molar-refractivity contribution in [1.29, 1.82) is 0 Å². The second kappa shape index (κ2) is 7.44. The van der Waals surface area contributed by atoms with Gasteiger partial charge in [-0.05, 0) is 39.2 Å². The lowest BCUT2D eigenvalue weighted by Gasteiger charge is -2.23. The minimum absolute atomic E-state index is 0.101. The van der Waals surface area contributed by atoms with Crippen LogP contribution in [0.15, 0.2) is 16.7 Å². The number of aliphatic hydroxyl groups is 1. The average molecular weight is 347 g/mol. The van der Waals surface area contributed by atoms with Gasteiger partial charge in [-0.1, -0.05) is 20.8 Å². The van der Waals surface area contributed by atoms with E-state index in [1.54, 1.807) is 19.2 Å². The summed E-state index contributed by atoms with van der Waals surface area (Å²) in [7, 11) is 0. The number of hydrogen-bond donors (Lipinski definition) is 2. The third kappa shape index (κ3) is 4.31. The fourth-order valence-electron chi connectivity index (χ4n) is 3.08. The molecule has 0 bridgehead atoms. The summed E-state index contributed by atoms with van der Waals surface area (Å²) in [6, 6.07) is 1.81. The van der Waals surface area contributed by atoms with E-state index in [1.807, 2.05) is 25.5 Å². The first-order valence-corrected chi connectivity index (χ1v) is 8.78. The lowest BCUT2D eigenvalue weighted by Crippen LogP contribution is -2.39. The SMILES string of the molecule is CCc1c(C(=O)NCC(C)(O)c2cc(C)oc2C)cnn1CC(C)C. The van der Waals surface area contributed by atoms with E-state index in [2.05, 4.69) is 24.3 Å². The van der Waals surface area contributed by atoms with E-state index >= 15 is 0 Å². The van der Waals surface area contributed by atoms with Crippen molar-refractivity contribution < 1.29 is 14.3 Å². The summed E-state index contributed by atoms with van der Waals surface area (Å²) < 4.78 is 7.37. The molecule has 0 fully saturated rings. The van der Waals surface area contributed by atoms with Gasteiger partial charge in [-0.25, -0.2) is 0 Å².